The van der Waals surface area contributed by atoms with Gasteiger partial charge in [-0.1, -0.05) is 12.1 Å². The maximum absolute atomic E-state index is 12.4. The Kier molecular flexibility index (Phi) is 4.97. The minimum Gasteiger partial charge on any atom is -0.491 e. The summed E-state index contributed by atoms with van der Waals surface area (Å²) in [6.45, 7) is 4.77. The van der Waals surface area contributed by atoms with Crippen LogP contribution in [0.15, 0.2) is 30.3 Å². The molecule has 0 radical (unpaired) electrons. The molecule has 0 aliphatic carbocycles. The summed E-state index contributed by atoms with van der Waals surface area (Å²) in [7, 11) is 0. The Morgan fingerprint density at radius 3 is 2.62 bits per heavy atom. The van der Waals surface area contributed by atoms with Crippen LogP contribution in [0.4, 0.5) is 4.79 Å². The molecule has 2 N–H and O–H groups in total. The number of imide groups is 1. The van der Waals surface area contributed by atoms with Crippen molar-refractivity contribution in [2.45, 2.75) is 38.3 Å². The Balaban J connectivity index is 1.58. The third-order valence-electron chi connectivity index (χ3n) is 4.59. The van der Waals surface area contributed by atoms with Gasteiger partial charge in [0.1, 0.15) is 11.3 Å². The summed E-state index contributed by atoms with van der Waals surface area (Å²) in [5, 5.41) is 4.96. The summed E-state index contributed by atoms with van der Waals surface area (Å²) >= 11 is 0. The first-order valence-corrected chi connectivity index (χ1v) is 8.75. The molecule has 0 aromatic heterocycles. The molecule has 2 aliphatic heterocycles. The SMILES string of the molecule is CC(C)Oc1cccc(/C=C/C(=O)N2CCC3(CC2)NC(=O)NC3=O)c1. The molecule has 0 atom stereocenters. The minimum atomic E-state index is -0.861. The summed E-state index contributed by atoms with van der Waals surface area (Å²) in [6.07, 6.45) is 4.21. The maximum atomic E-state index is 12.4. The van der Waals surface area contributed by atoms with Crippen LogP contribution in [0.3, 0.4) is 0 Å². The molecule has 0 unspecified atom stereocenters. The molecule has 2 fully saturated rings. The summed E-state index contributed by atoms with van der Waals surface area (Å²) in [4.78, 5) is 37.4. The average Bonchev–Trinajstić information content (AvgIpc) is 2.86. The fraction of sp³-hybridized carbons (Fsp3) is 0.421. The second-order valence-electron chi connectivity index (χ2n) is 6.89. The lowest BCUT2D eigenvalue weighted by Gasteiger charge is -2.36. The first-order valence-electron chi connectivity index (χ1n) is 8.75. The summed E-state index contributed by atoms with van der Waals surface area (Å²) in [5.41, 5.74) is 0.0208. The Morgan fingerprint density at radius 1 is 1.27 bits per heavy atom. The lowest BCUT2D eigenvalue weighted by molar-refractivity contribution is -0.132. The van der Waals surface area contributed by atoms with Crippen molar-refractivity contribution in [2.75, 3.05) is 13.1 Å². The zero-order chi connectivity index (χ0) is 18.7. The van der Waals surface area contributed by atoms with Crippen LogP contribution < -0.4 is 15.4 Å². The predicted molar refractivity (Wildman–Crippen MR) is 96.5 cm³/mol. The van der Waals surface area contributed by atoms with Crippen LogP contribution in [-0.4, -0.2) is 47.5 Å². The maximum Gasteiger partial charge on any atom is 0.322 e. The summed E-state index contributed by atoms with van der Waals surface area (Å²) in [5.74, 6) is 0.351. The van der Waals surface area contributed by atoms with Crippen molar-refractivity contribution in [1.82, 2.24) is 15.5 Å². The van der Waals surface area contributed by atoms with Gasteiger partial charge in [-0.2, -0.15) is 0 Å². The van der Waals surface area contributed by atoms with Crippen LogP contribution >= 0.6 is 0 Å². The molecule has 2 heterocycles. The Labute approximate surface area is 152 Å². The number of hydrogen-bond donors (Lipinski definition) is 2. The fourth-order valence-electron chi connectivity index (χ4n) is 3.23. The van der Waals surface area contributed by atoms with Gasteiger partial charge in [-0.3, -0.25) is 14.9 Å². The number of amides is 4. The molecule has 2 aliphatic rings. The minimum absolute atomic E-state index is 0.0878. The van der Waals surface area contributed by atoms with Gasteiger partial charge in [0.05, 0.1) is 6.10 Å². The largest absolute Gasteiger partial charge is 0.491 e. The second kappa shape index (κ2) is 7.19. The molecular formula is C19H23N3O4. The zero-order valence-electron chi connectivity index (χ0n) is 15.0. The van der Waals surface area contributed by atoms with Crippen LogP contribution in [0.5, 0.6) is 5.75 Å². The van der Waals surface area contributed by atoms with Crippen LogP contribution in [-0.2, 0) is 9.59 Å². The highest BCUT2D eigenvalue weighted by Gasteiger charge is 2.48. The number of benzene rings is 1. The molecule has 138 valence electrons. The highest BCUT2D eigenvalue weighted by atomic mass is 16.5. The van der Waals surface area contributed by atoms with Crippen molar-refractivity contribution >= 4 is 23.9 Å². The summed E-state index contributed by atoms with van der Waals surface area (Å²) in [6, 6.07) is 7.09. The first kappa shape index (κ1) is 18.0. The molecule has 0 bridgehead atoms. The third-order valence-corrected chi connectivity index (χ3v) is 4.59. The van der Waals surface area contributed by atoms with E-state index in [2.05, 4.69) is 10.6 Å². The van der Waals surface area contributed by atoms with E-state index in [1.54, 1.807) is 11.0 Å². The molecule has 1 aromatic rings. The van der Waals surface area contributed by atoms with Crippen molar-refractivity contribution in [3.63, 3.8) is 0 Å². The number of hydrogen-bond acceptors (Lipinski definition) is 4. The average molecular weight is 357 g/mol. The molecule has 7 heteroatoms. The predicted octanol–water partition coefficient (Wildman–Crippen LogP) is 1.69. The monoisotopic (exact) mass is 357 g/mol. The number of nitrogens with zero attached hydrogens (tertiary/aromatic N) is 1. The molecule has 26 heavy (non-hydrogen) atoms. The molecule has 3 rings (SSSR count). The van der Waals surface area contributed by atoms with Gasteiger partial charge in [-0.15, -0.1) is 0 Å². The van der Waals surface area contributed by atoms with Crippen molar-refractivity contribution in [3.05, 3.63) is 35.9 Å². The van der Waals surface area contributed by atoms with Gasteiger partial charge in [0, 0.05) is 19.2 Å². The number of carbonyl (C=O) groups is 3. The molecule has 4 amide bonds. The van der Waals surface area contributed by atoms with Crippen LogP contribution in [0.2, 0.25) is 0 Å². The quantitative estimate of drug-likeness (QED) is 0.634. The van der Waals surface area contributed by atoms with Gasteiger partial charge in [-0.25, -0.2) is 4.79 Å². The number of carbonyl (C=O) groups excluding carboxylic acids is 3. The Morgan fingerprint density at radius 2 is 2.00 bits per heavy atom. The van der Waals surface area contributed by atoms with Crippen molar-refractivity contribution in [2.24, 2.45) is 0 Å². The van der Waals surface area contributed by atoms with Gasteiger partial charge in [0.2, 0.25) is 5.91 Å². The van der Waals surface area contributed by atoms with Crippen molar-refractivity contribution in [3.8, 4) is 5.75 Å². The third kappa shape index (κ3) is 3.87. The summed E-state index contributed by atoms with van der Waals surface area (Å²) < 4.78 is 5.65. The molecule has 1 spiro atoms. The zero-order valence-corrected chi connectivity index (χ0v) is 15.0. The molecule has 2 saturated heterocycles. The van der Waals surface area contributed by atoms with E-state index in [4.69, 9.17) is 4.74 Å². The smallest absolute Gasteiger partial charge is 0.322 e. The number of likely N-dealkylation sites (tertiary alicyclic amines) is 1. The number of nitrogens with one attached hydrogen (secondary N) is 2. The molecule has 7 nitrogen and oxygen atoms in total. The van der Waals surface area contributed by atoms with E-state index in [1.165, 1.54) is 6.08 Å². The van der Waals surface area contributed by atoms with Gasteiger partial charge in [-0.05, 0) is 50.5 Å². The van der Waals surface area contributed by atoms with Gasteiger partial charge in [0.25, 0.3) is 5.91 Å². The number of urea groups is 1. The highest BCUT2D eigenvalue weighted by molar-refractivity contribution is 6.07. The lowest BCUT2D eigenvalue weighted by Crippen LogP contribution is -2.55. The van der Waals surface area contributed by atoms with E-state index in [1.807, 2.05) is 38.1 Å². The highest BCUT2D eigenvalue weighted by Crippen LogP contribution is 2.25. The number of ether oxygens (including phenoxy) is 1. The van der Waals surface area contributed by atoms with Gasteiger partial charge >= 0.3 is 6.03 Å². The van der Waals surface area contributed by atoms with Gasteiger partial charge < -0.3 is 15.0 Å². The number of piperidine rings is 1. The standard InChI is InChI=1S/C19H23N3O4/c1-13(2)26-15-5-3-4-14(12-15)6-7-16(23)22-10-8-19(9-11-22)17(24)20-18(25)21-19/h3-7,12-13H,8-11H2,1-2H3,(H2,20,21,24,25)/b7-6+. The number of rotatable bonds is 4. The van der Waals surface area contributed by atoms with E-state index < -0.39 is 11.6 Å². The van der Waals surface area contributed by atoms with E-state index >= 15 is 0 Å². The fourth-order valence-corrected chi connectivity index (χ4v) is 3.23. The molecule has 1 aromatic carbocycles. The van der Waals surface area contributed by atoms with Gasteiger partial charge in [0.15, 0.2) is 0 Å². The molecular weight excluding hydrogens is 334 g/mol. The lowest BCUT2D eigenvalue weighted by atomic mass is 9.87. The van der Waals surface area contributed by atoms with Crippen LogP contribution in [0.25, 0.3) is 6.08 Å². The van der Waals surface area contributed by atoms with E-state index in [-0.39, 0.29) is 17.9 Å². The normalized spacial score (nSPS) is 19.1. The second-order valence-corrected chi connectivity index (χ2v) is 6.89. The van der Waals surface area contributed by atoms with Crippen molar-refractivity contribution in [1.29, 1.82) is 0 Å². The Bertz CT molecular complexity index is 749. The van der Waals surface area contributed by atoms with E-state index in [9.17, 15) is 14.4 Å². The van der Waals surface area contributed by atoms with Crippen LogP contribution in [0.1, 0.15) is 32.3 Å². The van der Waals surface area contributed by atoms with Crippen LogP contribution in [0, 0.1) is 0 Å². The topological polar surface area (TPSA) is 87.7 Å². The first-order chi connectivity index (χ1) is 12.4. The molecule has 0 saturated carbocycles. The van der Waals surface area contributed by atoms with E-state index in [0.29, 0.717) is 25.9 Å². The Hall–Kier alpha value is -2.83. The van der Waals surface area contributed by atoms with Crippen molar-refractivity contribution < 1.29 is 19.1 Å². The van der Waals surface area contributed by atoms with E-state index in [0.717, 1.165) is 11.3 Å².